The first-order chi connectivity index (χ1) is 8.22. The molecule has 0 aliphatic heterocycles. The molecule has 0 atom stereocenters. The lowest BCUT2D eigenvalue weighted by Crippen LogP contribution is -1.98. The summed E-state index contributed by atoms with van der Waals surface area (Å²) < 4.78 is 0. The maximum Gasteiger partial charge on any atom is 0.181 e. The minimum Gasteiger partial charge on any atom is -0.253 e. The lowest BCUT2D eigenvalue weighted by Gasteiger charge is -2.06. The molecule has 88 valence electrons. The predicted molar refractivity (Wildman–Crippen MR) is 69.3 cm³/mol. The molecule has 2 aromatic rings. The van der Waals surface area contributed by atoms with Crippen molar-refractivity contribution in [3.05, 3.63) is 40.3 Å². The highest BCUT2D eigenvalue weighted by Gasteiger charge is 2.12. The van der Waals surface area contributed by atoms with E-state index in [0.717, 1.165) is 18.4 Å². The van der Waals surface area contributed by atoms with Crippen molar-refractivity contribution in [2.75, 3.05) is 0 Å². The molecule has 17 heavy (non-hydrogen) atoms. The van der Waals surface area contributed by atoms with Gasteiger partial charge in [0.25, 0.3) is 0 Å². The zero-order chi connectivity index (χ0) is 12.3. The molecule has 0 unspecified atom stereocenters. The van der Waals surface area contributed by atoms with Gasteiger partial charge in [-0.1, -0.05) is 42.6 Å². The van der Waals surface area contributed by atoms with E-state index in [1.165, 1.54) is 0 Å². The van der Waals surface area contributed by atoms with Gasteiger partial charge < -0.3 is 0 Å². The average molecular weight is 268 g/mol. The fourth-order valence-electron chi connectivity index (χ4n) is 1.50. The molecule has 2 aromatic heterocycles. The standard InChI is InChI=1S/C12H11Cl2N3/c1-2-5-8-10(13)16-12(17-11(8)14)9-6-3-4-7-15-9/h3-4,6-7H,2,5H2,1H3. The molecule has 0 N–H and O–H groups in total. The monoisotopic (exact) mass is 267 g/mol. The molecule has 2 heterocycles. The first-order valence-corrected chi connectivity index (χ1v) is 6.11. The van der Waals surface area contributed by atoms with Crippen LogP contribution >= 0.6 is 23.2 Å². The fraction of sp³-hybridized carbons (Fsp3) is 0.250. The summed E-state index contributed by atoms with van der Waals surface area (Å²) in [6.45, 7) is 2.05. The maximum atomic E-state index is 6.10. The Balaban J connectivity index is 2.46. The van der Waals surface area contributed by atoms with Gasteiger partial charge in [0.2, 0.25) is 0 Å². The molecule has 0 saturated heterocycles. The molecule has 5 heteroatoms. The van der Waals surface area contributed by atoms with Gasteiger partial charge in [-0.15, -0.1) is 0 Å². The van der Waals surface area contributed by atoms with Gasteiger partial charge >= 0.3 is 0 Å². The highest BCUT2D eigenvalue weighted by Crippen LogP contribution is 2.25. The van der Waals surface area contributed by atoms with Gasteiger partial charge in [0.15, 0.2) is 5.82 Å². The van der Waals surface area contributed by atoms with Crippen LogP contribution in [0.2, 0.25) is 10.3 Å². The van der Waals surface area contributed by atoms with Gasteiger partial charge in [0.05, 0.1) is 0 Å². The second-order valence-corrected chi connectivity index (χ2v) is 4.29. The van der Waals surface area contributed by atoms with E-state index in [4.69, 9.17) is 23.2 Å². The molecule has 0 fully saturated rings. The summed E-state index contributed by atoms with van der Waals surface area (Å²) in [5.41, 5.74) is 1.47. The van der Waals surface area contributed by atoms with Crippen LogP contribution in [0.3, 0.4) is 0 Å². The van der Waals surface area contributed by atoms with Gasteiger partial charge in [0, 0.05) is 11.8 Å². The normalized spacial score (nSPS) is 10.5. The third-order valence-corrected chi connectivity index (χ3v) is 2.93. The lowest BCUT2D eigenvalue weighted by molar-refractivity contribution is 0.902. The van der Waals surface area contributed by atoms with Crippen LogP contribution in [0.15, 0.2) is 24.4 Å². The summed E-state index contributed by atoms with van der Waals surface area (Å²) in [5, 5.41) is 0.819. The zero-order valence-corrected chi connectivity index (χ0v) is 10.8. The summed E-state index contributed by atoms with van der Waals surface area (Å²) in [6.07, 6.45) is 3.41. The molecular formula is C12H11Cl2N3. The van der Waals surface area contributed by atoms with Crippen LogP contribution in [0.4, 0.5) is 0 Å². The van der Waals surface area contributed by atoms with E-state index in [9.17, 15) is 0 Å². The highest BCUT2D eigenvalue weighted by molar-refractivity contribution is 6.34. The van der Waals surface area contributed by atoms with Gasteiger partial charge in [-0.25, -0.2) is 9.97 Å². The quantitative estimate of drug-likeness (QED) is 0.795. The largest absolute Gasteiger partial charge is 0.253 e. The third-order valence-electron chi connectivity index (χ3n) is 2.30. The molecule has 3 nitrogen and oxygen atoms in total. The van der Waals surface area contributed by atoms with Crippen molar-refractivity contribution in [3.8, 4) is 11.5 Å². The number of rotatable bonds is 3. The number of nitrogens with zero attached hydrogens (tertiary/aromatic N) is 3. The topological polar surface area (TPSA) is 38.7 Å². The van der Waals surface area contributed by atoms with E-state index in [1.54, 1.807) is 6.20 Å². The van der Waals surface area contributed by atoms with Crippen LogP contribution in [0.5, 0.6) is 0 Å². The van der Waals surface area contributed by atoms with Crippen LogP contribution in [0.1, 0.15) is 18.9 Å². The molecular weight excluding hydrogens is 257 g/mol. The van der Waals surface area contributed by atoms with Crippen LogP contribution in [0, 0.1) is 0 Å². The second-order valence-electron chi connectivity index (χ2n) is 3.57. The van der Waals surface area contributed by atoms with Gasteiger partial charge in [-0.05, 0) is 18.6 Å². The van der Waals surface area contributed by atoms with Crippen LogP contribution < -0.4 is 0 Å². The Kier molecular flexibility index (Phi) is 3.92. The Morgan fingerprint density at radius 3 is 2.35 bits per heavy atom. The summed E-state index contributed by atoms with van der Waals surface area (Å²) in [7, 11) is 0. The fourth-order valence-corrected chi connectivity index (χ4v) is 2.07. The summed E-state index contributed by atoms with van der Waals surface area (Å²) >= 11 is 12.2. The predicted octanol–water partition coefficient (Wildman–Crippen LogP) is 3.80. The molecule has 0 aromatic carbocycles. The molecule has 0 saturated carbocycles. The molecule has 0 spiro atoms. The van der Waals surface area contributed by atoms with Crippen molar-refractivity contribution in [1.29, 1.82) is 0 Å². The van der Waals surface area contributed by atoms with Crippen LogP contribution in [-0.4, -0.2) is 15.0 Å². The summed E-state index contributed by atoms with van der Waals surface area (Å²) in [5.74, 6) is 0.459. The van der Waals surface area contributed by atoms with E-state index in [1.807, 2.05) is 18.2 Å². The van der Waals surface area contributed by atoms with E-state index in [-0.39, 0.29) is 0 Å². The molecule has 0 bridgehead atoms. The Morgan fingerprint density at radius 1 is 1.12 bits per heavy atom. The van der Waals surface area contributed by atoms with E-state index in [0.29, 0.717) is 21.8 Å². The number of hydrogen-bond donors (Lipinski definition) is 0. The zero-order valence-electron chi connectivity index (χ0n) is 9.32. The Hall–Kier alpha value is -1.19. The van der Waals surface area contributed by atoms with Crippen molar-refractivity contribution < 1.29 is 0 Å². The van der Waals surface area contributed by atoms with Crippen molar-refractivity contribution in [1.82, 2.24) is 15.0 Å². The van der Waals surface area contributed by atoms with E-state index in [2.05, 4.69) is 21.9 Å². The van der Waals surface area contributed by atoms with Gasteiger partial charge in [-0.2, -0.15) is 0 Å². The van der Waals surface area contributed by atoms with Crippen molar-refractivity contribution in [2.45, 2.75) is 19.8 Å². The number of aromatic nitrogens is 3. The number of pyridine rings is 1. The van der Waals surface area contributed by atoms with E-state index < -0.39 is 0 Å². The smallest absolute Gasteiger partial charge is 0.181 e. The van der Waals surface area contributed by atoms with Crippen molar-refractivity contribution in [2.24, 2.45) is 0 Å². The Labute approximate surface area is 110 Å². The van der Waals surface area contributed by atoms with Crippen LogP contribution in [0.25, 0.3) is 11.5 Å². The second kappa shape index (κ2) is 5.43. The lowest BCUT2D eigenvalue weighted by atomic mass is 10.2. The Morgan fingerprint density at radius 2 is 1.82 bits per heavy atom. The third kappa shape index (κ3) is 2.73. The first kappa shape index (κ1) is 12.3. The number of halogens is 2. The van der Waals surface area contributed by atoms with Crippen molar-refractivity contribution in [3.63, 3.8) is 0 Å². The van der Waals surface area contributed by atoms with Crippen molar-refractivity contribution >= 4 is 23.2 Å². The van der Waals surface area contributed by atoms with Gasteiger partial charge in [-0.3, -0.25) is 4.98 Å². The summed E-state index contributed by atoms with van der Waals surface area (Å²) in [6, 6.07) is 5.52. The SMILES string of the molecule is CCCc1c(Cl)nc(-c2ccccn2)nc1Cl. The van der Waals surface area contributed by atoms with Crippen LogP contribution in [-0.2, 0) is 6.42 Å². The minimum absolute atomic E-state index is 0.410. The molecule has 0 radical (unpaired) electrons. The molecule has 0 amide bonds. The minimum atomic E-state index is 0.410. The molecule has 2 rings (SSSR count). The highest BCUT2D eigenvalue weighted by atomic mass is 35.5. The molecule has 0 aliphatic rings. The Bertz CT molecular complexity index is 491. The summed E-state index contributed by atoms with van der Waals surface area (Å²) in [4.78, 5) is 12.6. The maximum absolute atomic E-state index is 6.10. The number of hydrogen-bond acceptors (Lipinski definition) is 3. The molecule has 0 aliphatic carbocycles. The van der Waals surface area contributed by atoms with E-state index >= 15 is 0 Å². The average Bonchev–Trinajstić information content (AvgIpc) is 2.35. The van der Waals surface area contributed by atoms with Gasteiger partial charge in [0.1, 0.15) is 16.0 Å². The first-order valence-electron chi connectivity index (χ1n) is 5.35.